The highest BCUT2D eigenvalue weighted by molar-refractivity contribution is 5.93. The van der Waals surface area contributed by atoms with Gasteiger partial charge in [0, 0.05) is 25.2 Å². The number of hydrogen-bond acceptors (Lipinski definition) is 7. The number of ether oxygens (including phenoxy) is 3. The molecule has 0 spiro atoms. The molecule has 2 aromatic rings. The van der Waals surface area contributed by atoms with Gasteiger partial charge in [-0.15, -0.1) is 0 Å². The van der Waals surface area contributed by atoms with Crippen molar-refractivity contribution < 1.29 is 23.9 Å². The average Bonchev–Trinajstić information content (AvgIpc) is 3.16. The lowest BCUT2D eigenvalue weighted by Crippen LogP contribution is -2.33. The van der Waals surface area contributed by atoms with Crippen LogP contribution < -0.4 is 19.1 Å². The summed E-state index contributed by atoms with van der Waals surface area (Å²) in [7, 11) is 0. The number of nitro groups is 1. The van der Waals surface area contributed by atoms with E-state index in [1.54, 1.807) is 30.3 Å². The molecule has 2 aromatic carbocycles. The zero-order chi connectivity index (χ0) is 19.7. The summed E-state index contributed by atoms with van der Waals surface area (Å²) in [5.41, 5.74) is 0.574. The minimum atomic E-state index is -0.666. The summed E-state index contributed by atoms with van der Waals surface area (Å²) >= 11 is 0. The first kappa shape index (κ1) is 18.1. The lowest BCUT2D eigenvalue weighted by atomic mass is 9.98. The second-order valence-corrected chi connectivity index (χ2v) is 7.03. The maximum atomic E-state index is 12.5. The Labute approximate surface area is 161 Å². The third-order valence-corrected chi connectivity index (χ3v) is 5.09. The van der Waals surface area contributed by atoms with Crippen molar-refractivity contribution >= 4 is 17.3 Å². The standard InChI is InChI=1S/C20H20N2O6/c1-13-6-8-21(9-7-13)16-4-2-14(10-17(16)22(24)25)20(23)28-15-3-5-18-19(11-15)27-12-26-18/h2-5,10-11,13H,6-9,12H2,1H3. The Hall–Kier alpha value is -3.29. The van der Waals surface area contributed by atoms with Crippen molar-refractivity contribution in [3.8, 4) is 17.2 Å². The van der Waals surface area contributed by atoms with E-state index in [9.17, 15) is 14.9 Å². The number of esters is 1. The molecule has 4 rings (SSSR count). The fraction of sp³-hybridized carbons (Fsp3) is 0.350. The smallest absolute Gasteiger partial charge is 0.343 e. The van der Waals surface area contributed by atoms with Gasteiger partial charge in [0.2, 0.25) is 6.79 Å². The van der Waals surface area contributed by atoms with Crippen LogP contribution in [0.4, 0.5) is 11.4 Å². The van der Waals surface area contributed by atoms with Crippen LogP contribution in [0, 0.1) is 16.0 Å². The fourth-order valence-corrected chi connectivity index (χ4v) is 3.42. The normalized spacial score (nSPS) is 16.1. The predicted molar refractivity (Wildman–Crippen MR) is 101 cm³/mol. The fourth-order valence-electron chi connectivity index (χ4n) is 3.42. The first-order chi connectivity index (χ1) is 13.5. The summed E-state index contributed by atoms with van der Waals surface area (Å²) in [6.07, 6.45) is 1.98. The van der Waals surface area contributed by atoms with Crippen molar-refractivity contribution in [1.82, 2.24) is 0 Å². The molecular formula is C20H20N2O6. The molecule has 0 atom stereocenters. The third-order valence-electron chi connectivity index (χ3n) is 5.09. The number of anilines is 1. The van der Waals surface area contributed by atoms with Crippen LogP contribution in [0.5, 0.6) is 17.2 Å². The van der Waals surface area contributed by atoms with Crippen molar-refractivity contribution in [2.24, 2.45) is 5.92 Å². The van der Waals surface area contributed by atoms with Gasteiger partial charge < -0.3 is 19.1 Å². The molecule has 1 fully saturated rings. The maximum absolute atomic E-state index is 12.5. The number of carbonyl (C=O) groups excluding carboxylic acids is 1. The second-order valence-electron chi connectivity index (χ2n) is 7.03. The first-order valence-electron chi connectivity index (χ1n) is 9.16. The van der Waals surface area contributed by atoms with Gasteiger partial charge >= 0.3 is 5.97 Å². The van der Waals surface area contributed by atoms with Gasteiger partial charge in [-0.3, -0.25) is 10.1 Å². The molecule has 28 heavy (non-hydrogen) atoms. The van der Waals surface area contributed by atoms with Gasteiger partial charge in [-0.05, 0) is 43.0 Å². The minimum Gasteiger partial charge on any atom is -0.454 e. The Bertz CT molecular complexity index is 921. The Balaban J connectivity index is 1.55. The van der Waals surface area contributed by atoms with E-state index in [0.29, 0.717) is 23.1 Å². The van der Waals surface area contributed by atoms with Crippen LogP contribution in [-0.4, -0.2) is 30.8 Å². The van der Waals surface area contributed by atoms with Crippen LogP contribution in [0.15, 0.2) is 36.4 Å². The van der Waals surface area contributed by atoms with Crippen molar-refractivity contribution in [2.45, 2.75) is 19.8 Å². The lowest BCUT2D eigenvalue weighted by molar-refractivity contribution is -0.384. The number of benzene rings is 2. The van der Waals surface area contributed by atoms with E-state index < -0.39 is 10.9 Å². The molecule has 8 nitrogen and oxygen atoms in total. The average molecular weight is 384 g/mol. The molecule has 2 aliphatic rings. The summed E-state index contributed by atoms with van der Waals surface area (Å²) in [5, 5.41) is 11.6. The van der Waals surface area contributed by atoms with Gasteiger partial charge in [0.1, 0.15) is 11.4 Å². The Kier molecular flexibility index (Phi) is 4.77. The molecule has 0 amide bonds. The van der Waals surface area contributed by atoms with E-state index in [-0.39, 0.29) is 23.8 Å². The SMILES string of the molecule is CC1CCN(c2ccc(C(=O)Oc3ccc4c(c3)OCO4)cc2[N+](=O)[O-])CC1. The van der Waals surface area contributed by atoms with Gasteiger partial charge in [-0.1, -0.05) is 6.92 Å². The number of hydrogen-bond donors (Lipinski definition) is 0. The largest absolute Gasteiger partial charge is 0.454 e. The summed E-state index contributed by atoms with van der Waals surface area (Å²) in [6.45, 7) is 3.84. The number of nitro benzene ring substituents is 1. The number of rotatable bonds is 4. The molecule has 0 radical (unpaired) electrons. The van der Waals surface area contributed by atoms with Crippen LogP contribution in [0.1, 0.15) is 30.1 Å². The molecule has 1 saturated heterocycles. The third kappa shape index (κ3) is 3.58. The van der Waals surface area contributed by atoms with E-state index in [4.69, 9.17) is 14.2 Å². The number of carbonyl (C=O) groups is 1. The molecule has 0 aliphatic carbocycles. The van der Waals surface area contributed by atoms with Crippen LogP contribution in [-0.2, 0) is 0 Å². The van der Waals surface area contributed by atoms with Crippen molar-refractivity contribution in [3.05, 3.63) is 52.1 Å². The van der Waals surface area contributed by atoms with E-state index in [2.05, 4.69) is 6.92 Å². The van der Waals surface area contributed by atoms with E-state index in [1.807, 2.05) is 4.90 Å². The van der Waals surface area contributed by atoms with E-state index in [0.717, 1.165) is 25.9 Å². The molecular weight excluding hydrogens is 364 g/mol. The van der Waals surface area contributed by atoms with Crippen molar-refractivity contribution in [1.29, 1.82) is 0 Å². The predicted octanol–water partition coefficient (Wildman–Crippen LogP) is 3.78. The molecule has 0 bridgehead atoms. The highest BCUT2D eigenvalue weighted by Gasteiger charge is 2.25. The van der Waals surface area contributed by atoms with Gasteiger partial charge in [-0.2, -0.15) is 0 Å². The summed E-state index contributed by atoms with van der Waals surface area (Å²) < 4.78 is 15.8. The van der Waals surface area contributed by atoms with Gasteiger partial charge in [0.15, 0.2) is 11.5 Å². The van der Waals surface area contributed by atoms with Gasteiger partial charge in [0.05, 0.1) is 10.5 Å². The van der Waals surface area contributed by atoms with Crippen molar-refractivity contribution in [3.63, 3.8) is 0 Å². The van der Waals surface area contributed by atoms with Crippen LogP contribution >= 0.6 is 0 Å². The van der Waals surface area contributed by atoms with Crippen LogP contribution in [0.3, 0.4) is 0 Å². The Morgan fingerprint density at radius 1 is 1.14 bits per heavy atom. The second kappa shape index (κ2) is 7.38. The van der Waals surface area contributed by atoms with Crippen LogP contribution in [0.25, 0.3) is 0 Å². The topological polar surface area (TPSA) is 91.1 Å². The summed E-state index contributed by atoms with van der Waals surface area (Å²) in [6, 6.07) is 9.26. The monoisotopic (exact) mass is 384 g/mol. The molecule has 2 aliphatic heterocycles. The first-order valence-corrected chi connectivity index (χ1v) is 9.16. The number of piperidine rings is 1. The Morgan fingerprint density at radius 2 is 1.89 bits per heavy atom. The minimum absolute atomic E-state index is 0.0883. The zero-order valence-corrected chi connectivity index (χ0v) is 15.4. The molecule has 0 unspecified atom stereocenters. The Morgan fingerprint density at radius 3 is 2.64 bits per heavy atom. The molecule has 0 aromatic heterocycles. The maximum Gasteiger partial charge on any atom is 0.343 e. The zero-order valence-electron chi connectivity index (χ0n) is 15.4. The van der Waals surface area contributed by atoms with E-state index in [1.165, 1.54) is 6.07 Å². The summed E-state index contributed by atoms with van der Waals surface area (Å²) in [4.78, 5) is 25.6. The lowest BCUT2D eigenvalue weighted by Gasteiger charge is -2.31. The quantitative estimate of drug-likeness (QED) is 0.343. The number of nitrogens with zero attached hydrogens (tertiary/aromatic N) is 2. The van der Waals surface area contributed by atoms with Gasteiger partial charge in [0.25, 0.3) is 5.69 Å². The van der Waals surface area contributed by atoms with Crippen molar-refractivity contribution in [2.75, 3.05) is 24.8 Å². The van der Waals surface area contributed by atoms with Gasteiger partial charge in [-0.25, -0.2) is 4.79 Å². The molecule has 2 heterocycles. The molecule has 8 heteroatoms. The van der Waals surface area contributed by atoms with E-state index >= 15 is 0 Å². The van der Waals surface area contributed by atoms with Crippen LogP contribution in [0.2, 0.25) is 0 Å². The highest BCUT2D eigenvalue weighted by atomic mass is 16.7. The highest BCUT2D eigenvalue weighted by Crippen LogP contribution is 2.36. The molecule has 0 saturated carbocycles. The molecule has 0 N–H and O–H groups in total. The number of fused-ring (bicyclic) bond motifs is 1. The molecule has 146 valence electrons. The summed E-state index contributed by atoms with van der Waals surface area (Å²) in [5.74, 6) is 1.31.